The number of para-hydroxylation sites is 1. The molecule has 0 unspecified atom stereocenters. The molecule has 7 heteroatoms. The number of amides is 1. The molecule has 3 rings (SSSR count). The average molecular weight is 344 g/mol. The molecular weight excluding hydrogens is 328 g/mol. The van der Waals surface area contributed by atoms with Crippen molar-refractivity contribution in [2.75, 3.05) is 6.54 Å². The van der Waals surface area contributed by atoms with Crippen LogP contribution in [0.2, 0.25) is 0 Å². The van der Waals surface area contributed by atoms with E-state index in [0.717, 1.165) is 10.9 Å². The van der Waals surface area contributed by atoms with Crippen molar-refractivity contribution in [2.24, 2.45) is 5.73 Å². The molecule has 0 atom stereocenters. The number of sulfonamides is 1. The Labute approximate surface area is 139 Å². The van der Waals surface area contributed by atoms with Crippen LogP contribution < -0.4 is 10.5 Å². The smallest absolute Gasteiger partial charge is 0.274 e. The van der Waals surface area contributed by atoms with Crippen LogP contribution in [0.15, 0.2) is 64.1 Å². The highest BCUT2D eigenvalue weighted by Gasteiger charge is 2.18. The lowest BCUT2D eigenvalue weighted by molar-refractivity contribution is 0.1000. The van der Waals surface area contributed by atoms with Crippen LogP contribution in [-0.2, 0) is 16.4 Å². The maximum Gasteiger partial charge on any atom is 0.274 e. The molecule has 0 aliphatic carbocycles. The summed E-state index contributed by atoms with van der Waals surface area (Å²) in [6.45, 7) is 0.182. The SMILES string of the molecule is NC(=O)c1cccc(CCNS(=O)(=O)c2cc3ccccc3o2)c1. The normalized spacial score (nSPS) is 11.7. The number of carbonyl (C=O) groups is 1. The van der Waals surface area contributed by atoms with E-state index in [2.05, 4.69) is 4.72 Å². The molecular formula is C17H16N2O4S. The van der Waals surface area contributed by atoms with Crippen molar-refractivity contribution in [1.29, 1.82) is 0 Å². The van der Waals surface area contributed by atoms with E-state index in [-0.39, 0.29) is 11.6 Å². The first-order chi connectivity index (χ1) is 11.5. The lowest BCUT2D eigenvalue weighted by atomic mass is 10.1. The number of fused-ring (bicyclic) bond motifs is 1. The van der Waals surface area contributed by atoms with Crippen LogP contribution in [0, 0.1) is 0 Å². The van der Waals surface area contributed by atoms with Gasteiger partial charge >= 0.3 is 0 Å². The first kappa shape index (κ1) is 16.2. The van der Waals surface area contributed by atoms with Crippen molar-refractivity contribution >= 4 is 26.9 Å². The van der Waals surface area contributed by atoms with Crippen molar-refractivity contribution in [1.82, 2.24) is 4.72 Å². The maximum absolute atomic E-state index is 12.3. The van der Waals surface area contributed by atoms with Gasteiger partial charge in [-0.05, 0) is 30.2 Å². The zero-order chi connectivity index (χ0) is 17.2. The van der Waals surface area contributed by atoms with Gasteiger partial charge in [0.25, 0.3) is 10.0 Å². The van der Waals surface area contributed by atoms with E-state index >= 15 is 0 Å². The number of rotatable bonds is 6. The second kappa shape index (κ2) is 6.46. The third-order valence-corrected chi connectivity index (χ3v) is 4.90. The number of hydrogen-bond donors (Lipinski definition) is 2. The van der Waals surface area contributed by atoms with Gasteiger partial charge in [-0.3, -0.25) is 4.79 Å². The second-order valence-corrected chi connectivity index (χ2v) is 7.01. The summed E-state index contributed by atoms with van der Waals surface area (Å²) in [5.74, 6) is -0.514. The van der Waals surface area contributed by atoms with Crippen molar-refractivity contribution in [3.05, 3.63) is 65.7 Å². The Morgan fingerprint density at radius 1 is 1.08 bits per heavy atom. The van der Waals surface area contributed by atoms with E-state index in [4.69, 9.17) is 10.2 Å². The highest BCUT2D eigenvalue weighted by Crippen LogP contribution is 2.22. The molecule has 3 aromatic rings. The summed E-state index contributed by atoms with van der Waals surface area (Å²) in [5.41, 5.74) is 6.97. The zero-order valence-corrected chi connectivity index (χ0v) is 13.5. The van der Waals surface area contributed by atoms with Gasteiger partial charge in [0, 0.05) is 23.6 Å². The van der Waals surface area contributed by atoms with Gasteiger partial charge in [0.2, 0.25) is 11.0 Å². The molecule has 6 nitrogen and oxygen atoms in total. The van der Waals surface area contributed by atoms with E-state index in [0.29, 0.717) is 17.6 Å². The highest BCUT2D eigenvalue weighted by molar-refractivity contribution is 7.89. The van der Waals surface area contributed by atoms with Crippen LogP contribution in [0.5, 0.6) is 0 Å². The van der Waals surface area contributed by atoms with Crippen molar-refractivity contribution in [2.45, 2.75) is 11.5 Å². The van der Waals surface area contributed by atoms with Gasteiger partial charge in [0.15, 0.2) is 0 Å². The van der Waals surface area contributed by atoms with Crippen molar-refractivity contribution < 1.29 is 17.6 Å². The van der Waals surface area contributed by atoms with E-state index in [9.17, 15) is 13.2 Å². The van der Waals surface area contributed by atoms with Crippen LogP contribution >= 0.6 is 0 Å². The third kappa shape index (κ3) is 3.47. The molecule has 0 aliphatic rings. The standard InChI is InChI=1S/C17H16N2O4S/c18-17(20)14-6-3-4-12(10-14)8-9-19-24(21,22)16-11-13-5-1-2-7-15(13)23-16/h1-7,10-11,19H,8-9H2,(H2,18,20). The largest absolute Gasteiger partial charge is 0.443 e. The Morgan fingerprint density at radius 2 is 1.88 bits per heavy atom. The molecule has 0 saturated heterocycles. The second-order valence-electron chi connectivity index (χ2n) is 5.32. The maximum atomic E-state index is 12.3. The molecule has 0 saturated carbocycles. The first-order valence-electron chi connectivity index (χ1n) is 7.33. The van der Waals surface area contributed by atoms with Crippen molar-refractivity contribution in [3.8, 4) is 0 Å². The molecule has 124 valence electrons. The molecule has 0 spiro atoms. The van der Waals surface area contributed by atoms with Crippen LogP contribution in [0.3, 0.4) is 0 Å². The minimum absolute atomic E-state index is 0.116. The summed E-state index contributed by atoms with van der Waals surface area (Å²) in [5, 5.41) is 0.613. The number of nitrogens with two attached hydrogens (primary N) is 1. The molecule has 0 fully saturated rings. The van der Waals surface area contributed by atoms with Gasteiger partial charge in [-0.2, -0.15) is 0 Å². The fourth-order valence-corrected chi connectivity index (χ4v) is 3.37. The lowest BCUT2D eigenvalue weighted by Gasteiger charge is -2.05. The number of primary amides is 1. The summed E-state index contributed by atoms with van der Waals surface area (Å²) in [6.07, 6.45) is 0.431. The Morgan fingerprint density at radius 3 is 2.62 bits per heavy atom. The fraction of sp³-hybridized carbons (Fsp3) is 0.118. The van der Waals surface area contributed by atoms with E-state index in [1.54, 1.807) is 36.4 Å². The van der Waals surface area contributed by atoms with E-state index in [1.165, 1.54) is 6.07 Å². The molecule has 1 amide bonds. The summed E-state index contributed by atoms with van der Waals surface area (Å²) in [4.78, 5) is 11.2. The van der Waals surface area contributed by atoms with E-state index in [1.807, 2.05) is 12.1 Å². The predicted molar refractivity (Wildman–Crippen MR) is 90.1 cm³/mol. The summed E-state index contributed by atoms with van der Waals surface area (Å²) in [6, 6.07) is 15.4. The van der Waals surface area contributed by atoms with E-state index < -0.39 is 15.9 Å². The van der Waals surface area contributed by atoms with Gasteiger partial charge in [0.05, 0.1) is 0 Å². The molecule has 0 radical (unpaired) electrons. The quantitative estimate of drug-likeness (QED) is 0.714. The minimum atomic E-state index is -3.73. The number of nitrogens with one attached hydrogen (secondary N) is 1. The predicted octanol–water partition coefficient (Wildman–Crippen LogP) is 2.05. The molecule has 0 aliphatic heterocycles. The van der Waals surface area contributed by atoms with Crippen LogP contribution in [0.1, 0.15) is 15.9 Å². The molecule has 1 heterocycles. The van der Waals surface area contributed by atoms with Crippen LogP contribution in [0.25, 0.3) is 11.0 Å². The Balaban J connectivity index is 1.69. The number of hydrogen-bond acceptors (Lipinski definition) is 4. The molecule has 3 N–H and O–H groups in total. The number of furan rings is 1. The van der Waals surface area contributed by atoms with Crippen LogP contribution in [0.4, 0.5) is 0 Å². The monoisotopic (exact) mass is 344 g/mol. The van der Waals surface area contributed by atoms with Gasteiger partial charge in [-0.15, -0.1) is 0 Å². The number of carbonyl (C=O) groups excluding carboxylic acids is 1. The Hall–Kier alpha value is -2.64. The topological polar surface area (TPSA) is 102 Å². The number of benzene rings is 2. The first-order valence-corrected chi connectivity index (χ1v) is 8.81. The minimum Gasteiger partial charge on any atom is -0.443 e. The third-order valence-electron chi connectivity index (χ3n) is 3.59. The average Bonchev–Trinajstić information content (AvgIpc) is 3.00. The summed E-state index contributed by atoms with van der Waals surface area (Å²) < 4.78 is 32.4. The Kier molecular flexibility index (Phi) is 4.37. The zero-order valence-electron chi connectivity index (χ0n) is 12.7. The van der Waals surface area contributed by atoms with Gasteiger partial charge < -0.3 is 10.2 Å². The summed E-state index contributed by atoms with van der Waals surface area (Å²) in [7, 11) is -3.73. The molecule has 2 aromatic carbocycles. The van der Waals surface area contributed by atoms with Crippen LogP contribution in [-0.4, -0.2) is 20.9 Å². The fourth-order valence-electron chi connectivity index (χ4n) is 2.37. The van der Waals surface area contributed by atoms with Gasteiger partial charge in [-0.25, -0.2) is 13.1 Å². The van der Waals surface area contributed by atoms with Crippen molar-refractivity contribution in [3.63, 3.8) is 0 Å². The highest BCUT2D eigenvalue weighted by atomic mass is 32.2. The molecule has 1 aromatic heterocycles. The summed E-state index contributed by atoms with van der Waals surface area (Å²) >= 11 is 0. The molecule has 24 heavy (non-hydrogen) atoms. The van der Waals surface area contributed by atoms with Gasteiger partial charge in [0.1, 0.15) is 5.58 Å². The Bertz CT molecular complexity index is 960. The molecule has 0 bridgehead atoms. The van der Waals surface area contributed by atoms with Gasteiger partial charge in [-0.1, -0.05) is 30.3 Å². The lowest BCUT2D eigenvalue weighted by Crippen LogP contribution is -2.25.